The number of nitrogens with one attached hydrogen (secondary N) is 2. The fourth-order valence-corrected chi connectivity index (χ4v) is 3.96. The smallest absolute Gasteiger partial charge is 0.291 e. The fraction of sp³-hybridized carbons (Fsp3) is 0.250. The van der Waals surface area contributed by atoms with Crippen LogP contribution in [0.2, 0.25) is 0 Å². The van der Waals surface area contributed by atoms with E-state index < -0.39 is 15.9 Å². The van der Waals surface area contributed by atoms with Crippen LogP contribution in [-0.2, 0) is 10.0 Å². The summed E-state index contributed by atoms with van der Waals surface area (Å²) < 4.78 is 28.5. The first kappa shape index (κ1) is 19.3. The Hall–Kier alpha value is -3.04. The summed E-state index contributed by atoms with van der Waals surface area (Å²) in [4.78, 5) is 17.1. The lowest BCUT2D eigenvalue weighted by Gasteiger charge is -2.07. The van der Waals surface area contributed by atoms with Gasteiger partial charge in [0.15, 0.2) is 0 Å². The number of sulfonamides is 1. The maximum absolute atomic E-state index is 12.5. The highest BCUT2D eigenvalue weighted by Gasteiger charge is 2.31. The summed E-state index contributed by atoms with van der Waals surface area (Å²) in [6.45, 7) is 0.196. The van der Waals surface area contributed by atoms with Gasteiger partial charge in [-0.2, -0.15) is 0 Å². The van der Waals surface area contributed by atoms with Gasteiger partial charge in [0.1, 0.15) is 5.82 Å². The van der Waals surface area contributed by atoms with Crippen LogP contribution in [0.3, 0.4) is 0 Å². The summed E-state index contributed by atoms with van der Waals surface area (Å²) in [6.07, 6.45) is 2.07. The van der Waals surface area contributed by atoms with E-state index in [9.17, 15) is 13.2 Å². The SMILES string of the molecule is O=C(NCCNS(=O)(=O)c1ccccc1)c1nc(C2CC2)n(-c2ccccc2)n1. The average Bonchev–Trinajstić information content (AvgIpc) is 3.50. The van der Waals surface area contributed by atoms with Crippen molar-refractivity contribution in [3.05, 3.63) is 72.3 Å². The summed E-state index contributed by atoms with van der Waals surface area (Å²) in [7, 11) is -3.60. The maximum Gasteiger partial charge on any atom is 0.291 e. The highest BCUT2D eigenvalue weighted by Crippen LogP contribution is 2.39. The van der Waals surface area contributed by atoms with Crippen LogP contribution in [0.1, 0.15) is 35.2 Å². The number of amides is 1. The minimum absolute atomic E-state index is 0.0673. The molecule has 2 N–H and O–H groups in total. The van der Waals surface area contributed by atoms with Crippen molar-refractivity contribution in [2.24, 2.45) is 0 Å². The zero-order valence-corrected chi connectivity index (χ0v) is 16.5. The predicted molar refractivity (Wildman–Crippen MR) is 107 cm³/mol. The maximum atomic E-state index is 12.5. The van der Waals surface area contributed by atoms with E-state index in [4.69, 9.17) is 0 Å². The number of rotatable bonds is 8. The topological polar surface area (TPSA) is 106 Å². The van der Waals surface area contributed by atoms with Crippen molar-refractivity contribution in [3.63, 3.8) is 0 Å². The molecule has 0 spiro atoms. The van der Waals surface area contributed by atoms with Gasteiger partial charge >= 0.3 is 0 Å². The Kier molecular flexibility index (Phi) is 5.41. The number of hydrogen-bond donors (Lipinski definition) is 2. The number of benzene rings is 2. The van der Waals surface area contributed by atoms with E-state index >= 15 is 0 Å². The average molecular weight is 411 g/mol. The summed E-state index contributed by atoms with van der Waals surface area (Å²) in [5, 5.41) is 7.04. The third kappa shape index (κ3) is 4.52. The number of hydrogen-bond acceptors (Lipinski definition) is 5. The normalized spacial score (nSPS) is 13.9. The molecule has 1 saturated carbocycles. The predicted octanol–water partition coefficient (Wildman–Crippen LogP) is 1.85. The third-order valence-corrected chi connectivity index (χ3v) is 6.01. The first-order valence-electron chi connectivity index (χ1n) is 9.40. The van der Waals surface area contributed by atoms with Crippen molar-refractivity contribution in [2.45, 2.75) is 23.7 Å². The Balaban J connectivity index is 1.38. The standard InChI is InChI=1S/C20H21N5O3S/c26-20(21-13-14-22-29(27,28)17-9-5-2-6-10-17)18-23-19(15-11-12-15)25(24-18)16-7-3-1-4-8-16/h1-10,15,22H,11-14H2,(H,21,26). The highest BCUT2D eigenvalue weighted by atomic mass is 32.2. The number of para-hydroxylation sites is 1. The van der Waals surface area contributed by atoms with Crippen LogP contribution in [0, 0.1) is 0 Å². The molecule has 150 valence electrons. The largest absolute Gasteiger partial charge is 0.348 e. The monoisotopic (exact) mass is 411 g/mol. The van der Waals surface area contributed by atoms with Gasteiger partial charge in [0.2, 0.25) is 15.8 Å². The van der Waals surface area contributed by atoms with E-state index in [0.717, 1.165) is 24.4 Å². The summed E-state index contributed by atoms with van der Waals surface area (Å²) in [6, 6.07) is 17.7. The summed E-state index contributed by atoms with van der Waals surface area (Å²) >= 11 is 0. The Morgan fingerprint density at radius 2 is 1.66 bits per heavy atom. The van der Waals surface area contributed by atoms with Crippen LogP contribution in [0.5, 0.6) is 0 Å². The third-order valence-electron chi connectivity index (χ3n) is 4.53. The molecule has 1 aliphatic carbocycles. The van der Waals surface area contributed by atoms with Crippen molar-refractivity contribution in [2.75, 3.05) is 13.1 Å². The van der Waals surface area contributed by atoms with Crippen molar-refractivity contribution in [1.29, 1.82) is 0 Å². The summed E-state index contributed by atoms with van der Waals surface area (Å²) in [5.41, 5.74) is 0.858. The van der Waals surface area contributed by atoms with Gasteiger partial charge in [0.25, 0.3) is 5.91 Å². The fourth-order valence-electron chi connectivity index (χ4n) is 2.91. The Morgan fingerprint density at radius 1 is 1.00 bits per heavy atom. The van der Waals surface area contributed by atoms with Gasteiger partial charge < -0.3 is 5.32 Å². The molecule has 29 heavy (non-hydrogen) atoms. The minimum atomic E-state index is -3.60. The molecular weight excluding hydrogens is 390 g/mol. The molecule has 0 radical (unpaired) electrons. The van der Waals surface area contributed by atoms with Crippen LogP contribution in [-0.4, -0.2) is 42.2 Å². The van der Waals surface area contributed by atoms with Gasteiger partial charge in [-0.05, 0) is 37.1 Å². The molecule has 4 rings (SSSR count). The molecule has 1 amide bonds. The van der Waals surface area contributed by atoms with E-state index in [1.54, 1.807) is 22.9 Å². The van der Waals surface area contributed by atoms with E-state index in [1.165, 1.54) is 12.1 Å². The van der Waals surface area contributed by atoms with Crippen molar-refractivity contribution < 1.29 is 13.2 Å². The van der Waals surface area contributed by atoms with Crippen LogP contribution in [0.15, 0.2) is 65.6 Å². The van der Waals surface area contributed by atoms with Gasteiger partial charge in [-0.15, -0.1) is 5.10 Å². The van der Waals surface area contributed by atoms with Crippen LogP contribution >= 0.6 is 0 Å². The molecule has 1 fully saturated rings. The molecule has 0 aliphatic heterocycles. The molecule has 0 unspecified atom stereocenters. The van der Waals surface area contributed by atoms with Crippen LogP contribution in [0.4, 0.5) is 0 Å². The zero-order chi connectivity index (χ0) is 20.3. The van der Waals surface area contributed by atoms with E-state index in [2.05, 4.69) is 20.1 Å². The van der Waals surface area contributed by atoms with Crippen LogP contribution in [0.25, 0.3) is 5.69 Å². The lowest BCUT2D eigenvalue weighted by atomic mass is 10.3. The molecule has 0 atom stereocenters. The molecule has 3 aromatic rings. The second-order valence-electron chi connectivity index (χ2n) is 6.78. The first-order chi connectivity index (χ1) is 14.0. The first-order valence-corrected chi connectivity index (χ1v) is 10.9. The Bertz CT molecular complexity index is 1090. The van der Waals surface area contributed by atoms with Gasteiger partial charge in [0.05, 0.1) is 10.6 Å². The molecule has 8 nitrogen and oxygen atoms in total. The molecule has 0 saturated heterocycles. The number of nitrogens with zero attached hydrogens (tertiary/aromatic N) is 3. The van der Waals surface area contributed by atoms with Crippen LogP contribution < -0.4 is 10.0 Å². The van der Waals surface area contributed by atoms with E-state index in [-0.39, 0.29) is 23.8 Å². The second kappa shape index (κ2) is 8.14. The number of carbonyl (C=O) groups is 1. The molecular formula is C20H21N5O3S. The lowest BCUT2D eigenvalue weighted by Crippen LogP contribution is -2.35. The van der Waals surface area contributed by atoms with Crippen molar-refractivity contribution in [1.82, 2.24) is 24.8 Å². The lowest BCUT2D eigenvalue weighted by molar-refractivity contribution is 0.0944. The molecule has 1 aliphatic rings. The van der Waals surface area contributed by atoms with Crippen molar-refractivity contribution in [3.8, 4) is 5.69 Å². The molecule has 1 heterocycles. The summed E-state index contributed by atoms with van der Waals surface area (Å²) in [5.74, 6) is 0.759. The highest BCUT2D eigenvalue weighted by molar-refractivity contribution is 7.89. The van der Waals surface area contributed by atoms with Gasteiger partial charge in [-0.3, -0.25) is 4.79 Å². The molecule has 2 aromatic carbocycles. The van der Waals surface area contributed by atoms with E-state index in [0.29, 0.717) is 5.92 Å². The van der Waals surface area contributed by atoms with Crippen molar-refractivity contribution >= 4 is 15.9 Å². The number of carbonyl (C=O) groups excluding carboxylic acids is 1. The molecule has 9 heteroatoms. The van der Waals surface area contributed by atoms with E-state index in [1.807, 2.05) is 30.3 Å². The Labute approximate surface area is 169 Å². The quantitative estimate of drug-likeness (QED) is 0.550. The van der Waals surface area contributed by atoms with Gasteiger partial charge in [-0.1, -0.05) is 36.4 Å². The zero-order valence-electron chi connectivity index (χ0n) is 15.7. The van der Waals surface area contributed by atoms with Gasteiger partial charge in [-0.25, -0.2) is 22.8 Å². The number of aromatic nitrogens is 3. The minimum Gasteiger partial charge on any atom is -0.348 e. The Morgan fingerprint density at radius 3 is 2.31 bits per heavy atom. The molecule has 0 bridgehead atoms. The van der Waals surface area contributed by atoms with Gasteiger partial charge in [0, 0.05) is 19.0 Å². The molecule has 1 aromatic heterocycles. The second-order valence-corrected chi connectivity index (χ2v) is 8.55.